The zero-order valence-electron chi connectivity index (χ0n) is 19.6. The lowest BCUT2D eigenvalue weighted by Gasteiger charge is -2.19. The van der Waals surface area contributed by atoms with Crippen LogP contribution in [0.5, 0.6) is 5.75 Å². The summed E-state index contributed by atoms with van der Waals surface area (Å²) in [6, 6.07) is 7.52. The smallest absolute Gasteiger partial charge is 0.310 e. The van der Waals surface area contributed by atoms with Gasteiger partial charge in [0.05, 0.1) is 12.5 Å². The number of rotatable bonds is 11. The van der Waals surface area contributed by atoms with E-state index in [9.17, 15) is 9.59 Å². The van der Waals surface area contributed by atoms with Gasteiger partial charge in [-0.25, -0.2) is 0 Å². The van der Waals surface area contributed by atoms with Crippen molar-refractivity contribution >= 4 is 35.1 Å². The highest BCUT2D eigenvalue weighted by atomic mass is 35.5. The highest BCUT2D eigenvalue weighted by molar-refractivity contribution is 6.55. The first-order valence-corrected chi connectivity index (χ1v) is 11.8. The van der Waals surface area contributed by atoms with Gasteiger partial charge in [0.25, 0.3) is 0 Å². The molecule has 2 rings (SSSR count). The molecule has 2 unspecified atom stereocenters. The highest BCUT2D eigenvalue weighted by Gasteiger charge is 2.61. The van der Waals surface area contributed by atoms with E-state index in [1.54, 1.807) is 6.08 Å². The first-order valence-electron chi connectivity index (χ1n) is 11.0. The standard InChI is InChI=1S/C25H34Cl2O5/c1-24(2,3)32-21(28)12-7-6-8-13-30-18-11-9-10-17(14-18)16-31-23(29)22-19(15-20(26)27)25(22,4)5/h9-11,14-15,19,22H,6-8,12-13,16H2,1-5H3. The van der Waals surface area contributed by atoms with Gasteiger partial charge in [0.2, 0.25) is 0 Å². The molecule has 5 nitrogen and oxygen atoms in total. The minimum absolute atomic E-state index is 0.00927. The Balaban J connectivity index is 1.69. The summed E-state index contributed by atoms with van der Waals surface area (Å²) in [5.41, 5.74) is 0.215. The van der Waals surface area contributed by atoms with Crippen LogP contribution in [0.4, 0.5) is 0 Å². The molecule has 0 amide bonds. The summed E-state index contributed by atoms with van der Waals surface area (Å²) in [4.78, 5) is 24.2. The van der Waals surface area contributed by atoms with E-state index in [-0.39, 0.29) is 40.3 Å². The van der Waals surface area contributed by atoms with Crippen LogP contribution in [0, 0.1) is 17.3 Å². The van der Waals surface area contributed by atoms with Crippen LogP contribution >= 0.6 is 23.2 Å². The molecule has 0 spiro atoms. The quantitative estimate of drug-likeness (QED) is 0.261. The van der Waals surface area contributed by atoms with Crippen LogP contribution in [0.3, 0.4) is 0 Å². The fourth-order valence-electron chi connectivity index (χ4n) is 3.67. The second-order valence-corrected chi connectivity index (χ2v) is 10.8. The van der Waals surface area contributed by atoms with Gasteiger partial charge in [0.15, 0.2) is 0 Å². The Morgan fingerprint density at radius 1 is 1.12 bits per heavy atom. The van der Waals surface area contributed by atoms with Crippen LogP contribution in [0.15, 0.2) is 34.8 Å². The molecule has 178 valence electrons. The van der Waals surface area contributed by atoms with Crippen molar-refractivity contribution in [1.82, 2.24) is 0 Å². The van der Waals surface area contributed by atoms with Crippen molar-refractivity contribution in [3.05, 3.63) is 40.4 Å². The van der Waals surface area contributed by atoms with E-state index in [2.05, 4.69) is 0 Å². The molecule has 1 aromatic carbocycles. The van der Waals surface area contributed by atoms with Gasteiger partial charge in [-0.05, 0) is 75.1 Å². The summed E-state index contributed by atoms with van der Waals surface area (Å²) in [6.45, 7) is 10.3. The summed E-state index contributed by atoms with van der Waals surface area (Å²) in [5, 5.41) is 0. The van der Waals surface area contributed by atoms with E-state index in [4.69, 9.17) is 37.4 Å². The first-order chi connectivity index (χ1) is 14.9. The third-order valence-corrected chi connectivity index (χ3v) is 5.72. The second kappa shape index (κ2) is 11.4. The van der Waals surface area contributed by atoms with Crippen LogP contribution in [-0.4, -0.2) is 24.1 Å². The minimum atomic E-state index is -0.439. The maximum Gasteiger partial charge on any atom is 0.310 e. The van der Waals surface area contributed by atoms with Crippen molar-refractivity contribution in [2.24, 2.45) is 17.3 Å². The lowest BCUT2D eigenvalue weighted by atomic mass is 10.1. The molecule has 1 aliphatic carbocycles. The fraction of sp³-hybridized carbons (Fsp3) is 0.600. The molecule has 32 heavy (non-hydrogen) atoms. The number of hydrogen-bond donors (Lipinski definition) is 0. The molecule has 0 radical (unpaired) electrons. The lowest BCUT2D eigenvalue weighted by Crippen LogP contribution is -2.23. The van der Waals surface area contributed by atoms with Crippen LogP contribution < -0.4 is 4.74 Å². The zero-order chi connectivity index (χ0) is 23.9. The average Bonchev–Trinajstić information content (AvgIpc) is 3.20. The van der Waals surface area contributed by atoms with Crippen molar-refractivity contribution < 1.29 is 23.8 Å². The van der Waals surface area contributed by atoms with Gasteiger partial charge in [-0.3, -0.25) is 9.59 Å². The van der Waals surface area contributed by atoms with Crippen LogP contribution in [0.25, 0.3) is 0 Å². The first kappa shape index (κ1) is 26.5. The highest BCUT2D eigenvalue weighted by Crippen LogP contribution is 2.60. The Labute approximate surface area is 201 Å². The summed E-state index contributed by atoms with van der Waals surface area (Å²) in [7, 11) is 0. The molecule has 0 heterocycles. The molecule has 0 aliphatic heterocycles. The molecule has 0 N–H and O–H groups in total. The fourth-order valence-corrected chi connectivity index (χ4v) is 3.95. The van der Waals surface area contributed by atoms with Crippen molar-refractivity contribution in [3.63, 3.8) is 0 Å². The zero-order valence-corrected chi connectivity index (χ0v) is 21.1. The van der Waals surface area contributed by atoms with Crippen molar-refractivity contribution in [2.75, 3.05) is 6.61 Å². The SMILES string of the molecule is CC(C)(C)OC(=O)CCCCCOc1cccc(COC(=O)C2C(C=C(Cl)Cl)C2(C)C)c1. The Kier molecular flexibility index (Phi) is 9.47. The van der Waals surface area contributed by atoms with Gasteiger partial charge in [0.1, 0.15) is 22.4 Å². The third kappa shape index (κ3) is 8.67. The minimum Gasteiger partial charge on any atom is -0.494 e. The molecule has 0 bridgehead atoms. The molecule has 1 saturated carbocycles. The molecule has 7 heteroatoms. The number of carbonyl (C=O) groups is 2. The maximum atomic E-state index is 12.5. The van der Waals surface area contributed by atoms with Crippen molar-refractivity contribution in [3.8, 4) is 5.75 Å². The Bertz CT molecular complexity index is 822. The predicted octanol–water partition coefficient (Wildman–Crippen LogP) is 6.60. The normalized spacial score (nSPS) is 19.1. The largest absolute Gasteiger partial charge is 0.494 e. The van der Waals surface area contributed by atoms with Gasteiger partial charge >= 0.3 is 11.9 Å². The number of carbonyl (C=O) groups excluding carboxylic acids is 2. The average molecular weight is 485 g/mol. The van der Waals surface area contributed by atoms with Crippen LogP contribution in [0.1, 0.15) is 65.9 Å². The molecular formula is C25H34Cl2O5. The van der Waals surface area contributed by atoms with Crippen LogP contribution in [-0.2, 0) is 25.7 Å². The summed E-state index contributed by atoms with van der Waals surface area (Å²) < 4.78 is 16.8. The monoisotopic (exact) mass is 484 g/mol. The Morgan fingerprint density at radius 3 is 2.50 bits per heavy atom. The molecule has 1 aliphatic rings. The molecule has 1 aromatic rings. The van der Waals surface area contributed by atoms with E-state index in [0.29, 0.717) is 13.0 Å². The topological polar surface area (TPSA) is 61.8 Å². The molecule has 0 saturated heterocycles. The van der Waals surface area contributed by atoms with Gasteiger partial charge < -0.3 is 14.2 Å². The number of benzene rings is 1. The Morgan fingerprint density at radius 2 is 1.84 bits per heavy atom. The molecule has 1 fully saturated rings. The van der Waals surface area contributed by atoms with E-state index >= 15 is 0 Å². The van der Waals surface area contributed by atoms with Gasteiger partial charge in [0, 0.05) is 6.42 Å². The lowest BCUT2D eigenvalue weighted by molar-refractivity contribution is -0.155. The Hall–Kier alpha value is -1.72. The van der Waals surface area contributed by atoms with Gasteiger partial charge in [-0.1, -0.05) is 49.2 Å². The number of esters is 2. The molecule has 2 atom stereocenters. The number of halogens is 2. The second-order valence-electron chi connectivity index (χ2n) is 9.78. The number of unbranched alkanes of at least 4 members (excludes halogenated alkanes) is 2. The predicted molar refractivity (Wildman–Crippen MR) is 127 cm³/mol. The molecule has 0 aromatic heterocycles. The number of allylic oxidation sites excluding steroid dienone is 1. The third-order valence-electron chi connectivity index (χ3n) is 5.46. The van der Waals surface area contributed by atoms with Gasteiger partial charge in [-0.2, -0.15) is 0 Å². The summed E-state index contributed by atoms with van der Waals surface area (Å²) >= 11 is 11.5. The van der Waals surface area contributed by atoms with Crippen LogP contribution in [0.2, 0.25) is 0 Å². The van der Waals surface area contributed by atoms with E-state index in [1.807, 2.05) is 58.9 Å². The van der Waals surface area contributed by atoms with Crippen molar-refractivity contribution in [2.45, 2.75) is 72.5 Å². The van der Waals surface area contributed by atoms with E-state index in [0.717, 1.165) is 30.6 Å². The van der Waals surface area contributed by atoms with Gasteiger partial charge in [-0.15, -0.1) is 0 Å². The number of hydrogen-bond acceptors (Lipinski definition) is 5. The maximum absolute atomic E-state index is 12.5. The van der Waals surface area contributed by atoms with Crippen molar-refractivity contribution in [1.29, 1.82) is 0 Å². The summed E-state index contributed by atoms with van der Waals surface area (Å²) in [5.74, 6) is 0.0674. The molecular weight excluding hydrogens is 451 g/mol. The van der Waals surface area contributed by atoms with E-state index in [1.165, 1.54) is 0 Å². The summed E-state index contributed by atoms with van der Waals surface area (Å²) in [6.07, 6.45) is 4.63. The number of ether oxygens (including phenoxy) is 3. The van der Waals surface area contributed by atoms with E-state index < -0.39 is 5.60 Å².